The number of hydrogen-bond acceptors (Lipinski definition) is 1. The predicted octanol–water partition coefficient (Wildman–Crippen LogP) is 0.640. The van der Waals surface area contributed by atoms with Crippen molar-refractivity contribution in [1.29, 1.82) is 0 Å². The van der Waals surface area contributed by atoms with Gasteiger partial charge in [-0.3, -0.25) is 0 Å². The average molecular weight is 206 g/mol. The van der Waals surface area contributed by atoms with Gasteiger partial charge in [-0.2, -0.15) is 0 Å². The summed E-state index contributed by atoms with van der Waals surface area (Å²) in [7, 11) is 0. The third-order valence-corrected chi connectivity index (χ3v) is 1.97. The van der Waals surface area contributed by atoms with E-state index in [4.69, 9.17) is 2.74 Å². The molecule has 1 rings (SSSR count). The Morgan fingerprint density at radius 1 is 1.50 bits per heavy atom. The van der Waals surface area contributed by atoms with Crippen molar-refractivity contribution >= 4 is 20.0 Å². The fraction of sp³-hybridized carbons (Fsp3) is 0. The van der Waals surface area contributed by atoms with Crippen LogP contribution in [0, 0.1) is 11.6 Å². The number of halogens is 2. The topological polar surface area (TPSA) is 17.1 Å². The van der Waals surface area contributed by atoms with Crippen molar-refractivity contribution < 1.29 is 15.3 Å². The molecule has 0 aliphatic rings. The first kappa shape index (κ1) is 5.14. The second-order valence-corrected chi connectivity index (χ2v) is 2.82. The quantitative estimate of drug-likeness (QED) is 0.616. The van der Waals surface area contributed by atoms with E-state index in [2.05, 4.69) is 0 Å². The molecule has 0 heterocycles. The van der Waals surface area contributed by atoms with E-state index in [9.17, 15) is 12.5 Å². The number of benzene rings is 1. The van der Waals surface area contributed by atoms with Crippen LogP contribution in [-0.2, 0) is 3.74 Å². The Bertz CT molecular complexity index is 343. The third kappa shape index (κ3) is 1.29. The van der Waals surface area contributed by atoms with Crippen molar-refractivity contribution in [2.24, 2.45) is 0 Å². The van der Waals surface area contributed by atoms with Crippen LogP contribution >= 0.6 is 0 Å². The van der Waals surface area contributed by atoms with E-state index in [1.54, 1.807) is 0 Å². The van der Waals surface area contributed by atoms with Crippen LogP contribution in [0.5, 0.6) is 0 Å². The minimum atomic E-state index is -1.76. The Morgan fingerprint density at radius 2 is 2.20 bits per heavy atom. The van der Waals surface area contributed by atoms with Gasteiger partial charge < -0.3 is 0 Å². The number of rotatable bonds is 1. The van der Waals surface area contributed by atoms with Gasteiger partial charge in [-0.1, -0.05) is 0 Å². The van der Waals surface area contributed by atoms with E-state index in [0.29, 0.717) is 0 Å². The monoisotopic (exact) mass is 206 g/mol. The molecule has 1 aromatic rings. The molecular weight excluding hydrogens is 201 g/mol. The minimum absolute atomic E-state index is 0.381. The summed E-state index contributed by atoms with van der Waals surface area (Å²) in [5, 5.41) is 0. The van der Waals surface area contributed by atoms with Crippen molar-refractivity contribution in [3.63, 3.8) is 0 Å². The molecular formula is C6H3AsF2O. The maximum absolute atomic E-state index is 12.7. The molecule has 10 heavy (non-hydrogen) atoms. The van der Waals surface area contributed by atoms with Crippen LogP contribution in [0.3, 0.4) is 0 Å². The van der Waals surface area contributed by atoms with Gasteiger partial charge in [0.05, 0.1) is 0 Å². The second-order valence-electron chi connectivity index (χ2n) is 1.50. The molecule has 1 aromatic carbocycles. The maximum atomic E-state index is 12.7. The van der Waals surface area contributed by atoms with Gasteiger partial charge in [0, 0.05) is 0 Å². The van der Waals surface area contributed by atoms with Crippen LogP contribution < -0.4 is 4.35 Å². The second kappa shape index (κ2) is 3.02. The molecule has 1 nitrogen and oxygen atoms in total. The fourth-order valence-electron chi connectivity index (χ4n) is 0.465. The van der Waals surface area contributed by atoms with Gasteiger partial charge in [-0.25, -0.2) is 0 Å². The normalized spacial score (nSPS) is 13.0. The standard InChI is InChI=1S/C6H3AsF2O/c8-5-3-1-2-4(7-10)6(5)9/h1-3H/i2D,3D. The fourth-order valence-corrected chi connectivity index (χ4v) is 1.09. The van der Waals surface area contributed by atoms with E-state index >= 15 is 0 Å². The zero-order valence-electron chi connectivity index (χ0n) is 6.69. The molecule has 52 valence electrons. The molecule has 0 aromatic heterocycles. The molecule has 0 saturated heterocycles. The molecule has 0 radical (unpaired) electrons. The van der Waals surface area contributed by atoms with Crippen molar-refractivity contribution in [2.45, 2.75) is 0 Å². The molecule has 0 amide bonds. The van der Waals surface area contributed by atoms with E-state index in [0.717, 1.165) is 6.07 Å². The summed E-state index contributed by atoms with van der Waals surface area (Å²) in [6, 6.07) is -0.230. The summed E-state index contributed by atoms with van der Waals surface area (Å²) < 4.78 is 49.1. The van der Waals surface area contributed by atoms with Crippen LogP contribution in [0.15, 0.2) is 18.2 Å². The van der Waals surface area contributed by atoms with E-state index in [-0.39, 0.29) is 6.04 Å². The Labute approximate surface area is 65.8 Å². The molecule has 0 bridgehead atoms. The Morgan fingerprint density at radius 3 is 2.80 bits per heavy atom. The summed E-state index contributed by atoms with van der Waals surface area (Å²) in [5.74, 6) is -2.67. The summed E-state index contributed by atoms with van der Waals surface area (Å²) in [6.45, 7) is 0. The zero-order chi connectivity index (χ0) is 9.30. The van der Waals surface area contributed by atoms with Crippen LogP contribution in [0.4, 0.5) is 8.78 Å². The van der Waals surface area contributed by atoms with E-state index in [1.807, 2.05) is 0 Å². The zero-order valence-corrected chi connectivity index (χ0v) is 6.57. The van der Waals surface area contributed by atoms with E-state index in [1.165, 1.54) is 0 Å². The first-order valence-electron chi connectivity index (χ1n) is 3.36. The summed E-state index contributed by atoms with van der Waals surface area (Å²) in [4.78, 5) is 0. The molecule has 0 unspecified atom stereocenters. The number of hydrogen-bond donors (Lipinski definition) is 0. The molecule has 0 aliphatic carbocycles. The Hall–Kier alpha value is -0.562. The average Bonchev–Trinajstić information content (AvgIpc) is 2.01. The van der Waals surface area contributed by atoms with Crippen molar-refractivity contribution in [2.75, 3.05) is 0 Å². The Kier molecular flexibility index (Phi) is 1.55. The molecule has 0 N–H and O–H groups in total. The molecule has 0 spiro atoms. The van der Waals surface area contributed by atoms with Crippen molar-refractivity contribution in [3.05, 3.63) is 29.8 Å². The Balaban J connectivity index is 3.51. The third-order valence-electron chi connectivity index (χ3n) is 0.900. The van der Waals surface area contributed by atoms with E-state index < -0.39 is 37.7 Å². The van der Waals surface area contributed by atoms with Gasteiger partial charge in [0.2, 0.25) is 0 Å². The van der Waals surface area contributed by atoms with Gasteiger partial charge in [-0.05, 0) is 0 Å². The molecule has 0 atom stereocenters. The molecule has 0 saturated carbocycles. The van der Waals surface area contributed by atoms with Gasteiger partial charge in [0.25, 0.3) is 0 Å². The summed E-state index contributed by atoms with van der Waals surface area (Å²) in [6.07, 6.45) is 0. The van der Waals surface area contributed by atoms with Crippen molar-refractivity contribution in [1.82, 2.24) is 0 Å². The first-order valence-corrected chi connectivity index (χ1v) is 4.07. The molecule has 0 fully saturated rings. The van der Waals surface area contributed by atoms with Gasteiger partial charge >= 0.3 is 65.1 Å². The van der Waals surface area contributed by atoms with Crippen LogP contribution in [-0.4, -0.2) is 15.7 Å². The first-order chi connectivity index (χ1) is 5.57. The van der Waals surface area contributed by atoms with Crippen LogP contribution in [0.2, 0.25) is 0 Å². The van der Waals surface area contributed by atoms with Crippen LogP contribution in [0.25, 0.3) is 0 Å². The van der Waals surface area contributed by atoms with Crippen molar-refractivity contribution in [3.8, 4) is 0 Å². The summed E-state index contributed by atoms with van der Waals surface area (Å²) in [5.41, 5.74) is 0. The van der Waals surface area contributed by atoms with Crippen LogP contribution in [0.1, 0.15) is 2.74 Å². The van der Waals surface area contributed by atoms with Gasteiger partial charge in [-0.15, -0.1) is 0 Å². The predicted molar refractivity (Wildman–Crippen MR) is 32.4 cm³/mol. The van der Waals surface area contributed by atoms with Gasteiger partial charge in [0.15, 0.2) is 0 Å². The van der Waals surface area contributed by atoms with Gasteiger partial charge in [0.1, 0.15) is 0 Å². The summed E-state index contributed by atoms with van der Waals surface area (Å²) >= 11 is -1.76. The SMILES string of the molecule is [2H]c1cc([2H])c([As]=O)c(F)c1F. The molecule has 0 aliphatic heterocycles. The molecule has 4 heteroatoms.